The molecule has 5 aromatic carbocycles. The van der Waals surface area contributed by atoms with Crippen molar-refractivity contribution >= 4 is 80.8 Å². The molecule has 0 saturated heterocycles. The first-order valence-electron chi connectivity index (χ1n) is 13.9. The average molecular weight is 559 g/mol. The van der Waals surface area contributed by atoms with Gasteiger partial charge in [0.05, 0.1) is 33.1 Å². The van der Waals surface area contributed by atoms with Crippen molar-refractivity contribution in [2.24, 2.45) is 0 Å². The summed E-state index contributed by atoms with van der Waals surface area (Å²) in [5, 5.41) is 16.0. The lowest BCUT2D eigenvalue weighted by molar-refractivity contribution is 1.02. The fourth-order valence-electron chi connectivity index (χ4n) is 6.72. The van der Waals surface area contributed by atoms with Crippen molar-refractivity contribution in [2.75, 3.05) is 0 Å². The Hall–Kier alpha value is -4.69. The third kappa shape index (κ3) is 3.22. The number of fused-ring (bicyclic) bond motifs is 9. The van der Waals surface area contributed by atoms with Gasteiger partial charge >= 0.3 is 0 Å². The Labute approximate surface area is 244 Å². The highest BCUT2D eigenvalue weighted by atomic mass is 32.1. The molecule has 2 nitrogen and oxygen atoms in total. The Kier molecular flexibility index (Phi) is 4.87. The van der Waals surface area contributed by atoms with E-state index in [-0.39, 0.29) is 0 Å². The van der Waals surface area contributed by atoms with Gasteiger partial charge in [-0.05, 0) is 54.3 Å². The van der Waals surface area contributed by atoms with Gasteiger partial charge in [0.25, 0.3) is 0 Å². The number of aryl methyl sites for hydroxylation is 1. The molecule has 0 spiro atoms. The molecule has 1 aliphatic carbocycles. The zero-order valence-electron chi connectivity index (χ0n) is 22.0. The summed E-state index contributed by atoms with van der Waals surface area (Å²) in [7, 11) is 0. The number of thiophene rings is 2. The molecule has 3 aromatic heterocycles. The number of nitrogens with zero attached hydrogens (tertiary/aromatic N) is 2. The number of allylic oxidation sites excluding steroid dienone is 1. The van der Waals surface area contributed by atoms with Crippen LogP contribution in [0.1, 0.15) is 22.4 Å². The van der Waals surface area contributed by atoms with Crippen LogP contribution in [0, 0.1) is 11.3 Å². The van der Waals surface area contributed by atoms with E-state index in [0.717, 1.165) is 29.6 Å². The van der Waals surface area contributed by atoms with Crippen molar-refractivity contribution < 1.29 is 0 Å². The number of para-hydroxylation sites is 1. The molecule has 0 N–H and O–H groups in total. The van der Waals surface area contributed by atoms with Crippen molar-refractivity contribution in [2.45, 2.75) is 12.8 Å². The van der Waals surface area contributed by atoms with E-state index in [2.05, 4.69) is 108 Å². The van der Waals surface area contributed by atoms with Gasteiger partial charge in [0.1, 0.15) is 0 Å². The van der Waals surface area contributed by atoms with E-state index in [4.69, 9.17) is 0 Å². The van der Waals surface area contributed by atoms with Crippen LogP contribution in [-0.2, 0) is 6.42 Å². The second kappa shape index (κ2) is 8.65. The van der Waals surface area contributed by atoms with E-state index in [1.54, 1.807) is 0 Å². The summed E-state index contributed by atoms with van der Waals surface area (Å²) in [4.78, 5) is 1.50. The average Bonchev–Trinajstić information content (AvgIpc) is 3.70. The van der Waals surface area contributed by atoms with Gasteiger partial charge < -0.3 is 4.57 Å². The zero-order valence-corrected chi connectivity index (χ0v) is 23.7. The molecule has 4 heteroatoms. The Balaban J connectivity index is 1.36. The molecular formula is C37H22N2S2. The monoisotopic (exact) mass is 558 g/mol. The van der Waals surface area contributed by atoms with Gasteiger partial charge in [-0.2, -0.15) is 5.26 Å². The van der Waals surface area contributed by atoms with Crippen molar-refractivity contribution in [3.63, 3.8) is 0 Å². The molecule has 0 amide bonds. The molecule has 0 radical (unpaired) electrons. The largest absolute Gasteiger partial charge is 0.308 e. The molecule has 0 unspecified atom stereocenters. The van der Waals surface area contributed by atoms with Gasteiger partial charge in [0.2, 0.25) is 0 Å². The number of rotatable bonds is 2. The van der Waals surface area contributed by atoms with Crippen LogP contribution in [0.5, 0.6) is 0 Å². The lowest BCUT2D eigenvalue weighted by Gasteiger charge is -2.10. The topological polar surface area (TPSA) is 28.7 Å². The van der Waals surface area contributed by atoms with E-state index in [1.165, 1.54) is 62.6 Å². The van der Waals surface area contributed by atoms with Crippen molar-refractivity contribution in [3.8, 4) is 22.9 Å². The molecule has 0 aliphatic heterocycles. The number of nitriles is 1. The van der Waals surface area contributed by atoms with E-state index < -0.39 is 0 Å². The van der Waals surface area contributed by atoms with Gasteiger partial charge in [-0.25, -0.2) is 0 Å². The molecular weight excluding hydrogens is 537 g/mol. The van der Waals surface area contributed by atoms with Crippen molar-refractivity contribution in [1.82, 2.24) is 4.57 Å². The molecule has 3 heterocycles. The summed E-state index contributed by atoms with van der Waals surface area (Å²) >= 11 is 3.83. The predicted molar refractivity (Wildman–Crippen MR) is 177 cm³/mol. The summed E-state index contributed by atoms with van der Waals surface area (Å²) in [5.74, 6) is 0. The molecule has 9 rings (SSSR count). The van der Waals surface area contributed by atoms with Crippen LogP contribution in [-0.4, -0.2) is 4.57 Å². The first-order chi connectivity index (χ1) is 20.3. The minimum Gasteiger partial charge on any atom is -0.308 e. The zero-order chi connectivity index (χ0) is 27.1. The molecule has 8 aromatic rings. The molecule has 1 aliphatic rings. The summed E-state index contributed by atoms with van der Waals surface area (Å²) in [6.45, 7) is 0. The second-order valence-corrected chi connectivity index (χ2v) is 12.9. The predicted octanol–water partition coefficient (Wildman–Crippen LogP) is 10.9. The van der Waals surface area contributed by atoms with Gasteiger partial charge in [0, 0.05) is 46.8 Å². The Morgan fingerprint density at radius 3 is 2.44 bits per heavy atom. The quantitative estimate of drug-likeness (QED) is 0.207. The fourth-order valence-corrected chi connectivity index (χ4v) is 9.28. The van der Waals surface area contributed by atoms with Crippen LogP contribution in [0.4, 0.5) is 0 Å². The number of benzene rings is 5. The number of hydrogen-bond donors (Lipinski definition) is 0. The lowest BCUT2D eigenvalue weighted by atomic mass is 9.96. The fraction of sp³-hybridized carbons (Fsp3) is 0.0541. The lowest BCUT2D eigenvalue weighted by Crippen LogP contribution is -1.94. The van der Waals surface area contributed by atoms with Crippen molar-refractivity contribution in [1.29, 1.82) is 5.26 Å². The Morgan fingerprint density at radius 2 is 1.49 bits per heavy atom. The van der Waals surface area contributed by atoms with Crippen LogP contribution in [0.15, 0.2) is 103 Å². The minimum atomic E-state index is 0.675. The van der Waals surface area contributed by atoms with E-state index >= 15 is 0 Å². The highest BCUT2D eigenvalue weighted by Crippen LogP contribution is 2.47. The Morgan fingerprint density at radius 1 is 0.683 bits per heavy atom. The number of aromatic nitrogens is 1. The highest BCUT2D eigenvalue weighted by Gasteiger charge is 2.20. The first kappa shape index (κ1) is 23.1. The van der Waals surface area contributed by atoms with Gasteiger partial charge in [-0.15, -0.1) is 22.7 Å². The molecule has 41 heavy (non-hydrogen) atoms. The maximum Gasteiger partial charge on any atom is 0.0992 e. The van der Waals surface area contributed by atoms with Crippen LogP contribution >= 0.6 is 22.7 Å². The molecule has 0 bridgehead atoms. The van der Waals surface area contributed by atoms with Crippen molar-refractivity contribution in [3.05, 3.63) is 119 Å². The summed E-state index contributed by atoms with van der Waals surface area (Å²) in [5.41, 5.74) is 8.09. The second-order valence-electron chi connectivity index (χ2n) is 10.7. The molecule has 0 atom stereocenters. The highest BCUT2D eigenvalue weighted by molar-refractivity contribution is 7.26. The SMILES string of the molecule is N#Cc1ccc2c3ccccc3n(-c3cccc4c3sc3cccc(-c5cccc6c7c(sc56)CCC=C7)c34)c2c1. The summed E-state index contributed by atoms with van der Waals surface area (Å²) in [6.07, 6.45) is 6.88. The number of hydrogen-bond acceptors (Lipinski definition) is 3. The van der Waals surface area contributed by atoms with Crippen LogP contribution in [0.2, 0.25) is 0 Å². The first-order valence-corrected chi connectivity index (χ1v) is 15.5. The minimum absolute atomic E-state index is 0.675. The standard InChI is InChI=1S/C37H22N2S2/c38-21-22-18-19-24-23-8-1-3-14-30(23)39(32(24)20-22)31-15-6-13-29-35-26(10-7-17-34(35)41-37(29)31)28-12-5-11-27-25-9-2-4-16-33(25)40-36(27)28/h1-3,5-15,17-20H,4,16H2. The van der Waals surface area contributed by atoms with E-state index in [0.29, 0.717) is 5.56 Å². The molecule has 192 valence electrons. The smallest absolute Gasteiger partial charge is 0.0992 e. The summed E-state index contributed by atoms with van der Waals surface area (Å²) < 4.78 is 6.30. The van der Waals surface area contributed by atoms with Gasteiger partial charge in [-0.3, -0.25) is 0 Å². The maximum absolute atomic E-state index is 9.71. The maximum atomic E-state index is 9.71. The van der Waals surface area contributed by atoms with Crippen LogP contribution in [0.25, 0.3) is 75.0 Å². The molecule has 0 fully saturated rings. The van der Waals surface area contributed by atoms with E-state index in [1.807, 2.05) is 34.8 Å². The van der Waals surface area contributed by atoms with Gasteiger partial charge in [0.15, 0.2) is 0 Å². The summed E-state index contributed by atoms with van der Waals surface area (Å²) in [6, 6.07) is 37.2. The van der Waals surface area contributed by atoms with Crippen LogP contribution in [0.3, 0.4) is 0 Å². The third-order valence-electron chi connectivity index (χ3n) is 8.49. The normalized spacial score (nSPS) is 13.0. The molecule has 0 saturated carbocycles. The Bertz CT molecular complexity index is 2440. The van der Waals surface area contributed by atoms with Gasteiger partial charge in [-0.1, -0.05) is 78.9 Å². The van der Waals surface area contributed by atoms with E-state index in [9.17, 15) is 5.26 Å². The van der Waals surface area contributed by atoms with Crippen LogP contribution < -0.4 is 0 Å². The third-order valence-corrected chi connectivity index (χ3v) is 11.0.